The number of hydrogen-bond acceptors (Lipinski definition) is 8. The van der Waals surface area contributed by atoms with Gasteiger partial charge < -0.3 is 14.8 Å². The number of nitrogens with zero attached hydrogens (tertiary/aromatic N) is 2. The molecule has 0 unspecified atom stereocenters. The molecule has 0 aromatic heterocycles. The van der Waals surface area contributed by atoms with Crippen LogP contribution in [0.15, 0.2) is 70.0 Å². The molecule has 3 aromatic rings. The Labute approximate surface area is 236 Å². The molecule has 1 N–H and O–H groups in total. The van der Waals surface area contributed by atoms with Crippen molar-refractivity contribution in [2.45, 2.75) is 13.5 Å². The predicted octanol–water partition coefficient (Wildman–Crippen LogP) is 5.93. The Balaban J connectivity index is 1.45. The number of amides is 3. The van der Waals surface area contributed by atoms with E-state index in [9.17, 15) is 24.5 Å². The number of methoxy groups -OCH3 is 1. The summed E-state index contributed by atoms with van der Waals surface area (Å²) in [6, 6.07) is 16.5. The molecular formula is C27H22BrN3O7S. The SMILES string of the molecule is COc1cc(/C=C2\SC(=O)N(CC(=O)Nc3cccc(C)c3)C2=O)cc(Br)c1OCc1ccc([N+](=O)[O-])cc1. The third-order valence-corrected chi connectivity index (χ3v) is 7.05. The van der Waals surface area contributed by atoms with Crippen molar-refractivity contribution in [1.82, 2.24) is 4.90 Å². The molecule has 1 aliphatic heterocycles. The zero-order valence-electron chi connectivity index (χ0n) is 20.8. The van der Waals surface area contributed by atoms with E-state index in [0.717, 1.165) is 27.8 Å². The van der Waals surface area contributed by atoms with Crippen molar-refractivity contribution in [2.75, 3.05) is 19.0 Å². The average molecular weight is 612 g/mol. The fraction of sp³-hybridized carbons (Fsp3) is 0.148. The molecule has 0 aliphatic carbocycles. The number of imide groups is 1. The first-order valence-electron chi connectivity index (χ1n) is 11.5. The standard InChI is InChI=1S/C27H22BrN3O7S/c1-16-4-3-5-19(10-16)29-24(32)14-30-26(33)23(39-27(30)34)13-18-11-21(28)25(22(12-18)37-2)38-15-17-6-8-20(9-7-17)31(35)36/h3-13H,14-15H2,1-2H3,(H,29,32)/b23-13-. The maximum atomic E-state index is 12.9. The number of rotatable bonds is 9. The van der Waals surface area contributed by atoms with E-state index in [2.05, 4.69) is 21.2 Å². The quantitative estimate of drug-likeness (QED) is 0.179. The van der Waals surface area contributed by atoms with Gasteiger partial charge in [0.25, 0.3) is 16.8 Å². The van der Waals surface area contributed by atoms with Gasteiger partial charge in [-0.25, -0.2) is 0 Å². The molecule has 1 fully saturated rings. The Morgan fingerprint density at radius 3 is 2.56 bits per heavy atom. The summed E-state index contributed by atoms with van der Waals surface area (Å²) >= 11 is 4.20. The van der Waals surface area contributed by atoms with Crippen LogP contribution in [0.25, 0.3) is 6.08 Å². The summed E-state index contributed by atoms with van der Waals surface area (Å²) in [6.45, 7) is 1.62. The highest BCUT2D eigenvalue weighted by Gasteiger charge is 2.36. The van der Waals surface area contributed by atoms with E-state index in [1.807, 2.05) is 13.0 Å². The highest BCUT2D eigenvalue weighted by Crippen LogP contribution is 2.39. The number of nitro groups is 1. The Kier molecular flexibility index (Phi) is 8.67. The van der Waals surface area contributed by atoms with Crippen molar-refractivity contribution >= 4 is 62.2 Å². The van der Waals surface area contributed by atoms with E-state index in [4.69, 9.17) is 9.47 Å². The lowest BCUT2D eigenvalue weighted by Gasteiger charge is -2.14. The Morgan fingerprint density at radius 1 is 1.15 bits per heavy atom. The van der Waals surface area contributed by atoms with E-state index in [1.54, 1.807) is 42.5 Å². The minimum absolute atomic E-state index is 0.0156. The van der Waals surface area contributed by atoms with Crippen LogP contribution in [0.4, 0.5) is 16.2 Å². The highest BCUT2D eigenvalue weighted by atomic mass is 79.9. The number of carbonyl (C=O) groups excluding carboxylic acids is 3. The molecule has 0 saturated carbocycles. The van der Waals surface area contributed by atoms with Crippen molar-refractivity contribution in [3.8, 4) is 11.5 Å². The number of benzene rings is 3. The number of halogens is 1. The first kappa shape index (κ1) is 27.9. The number of nitrogens with one attached hydrogen (secondary N) is 1. The van der Waals surface area contributed by atoms with Crippen molar-refractivity contribution in [1.29, 1.82) is 0 Å². The molecule has 10 nitrogen and oxygen atoms in total. The van der Waals surface area contributed by atoms with Crippen LogP contribution >= 0.6 is 27.7 Å². The molecule has 0 spiro atoms. The van der Waals surface area contributed by atoms with E-state index in [0.29, 0.717) is 27.2 Å². The van der Waals surface area contributed by atoms with E-state index in [-0.39, 0.29) is 17.2 Å². The minimum atomic E-state index is -0.571. The van der Waals surface area contributed by atoms with E-state index >= 15 is 0 Å². The first-order valence-corrected chi connectivity index (χ1v) is 13.1. The third kappa shape index (κ3) is 6.84. The number of aryl methyl sites for hydroxylation is 1. The molecule has 39 heavy (non-hydrogen) atoms. The van der Waals surface area contributed by atoms with Crippen LogP contribution in [0, 0.1) is 17.0 Å². The zero-order valence-corrected chi connectivity index (χ0v) is 23.2. The second-order valence-electron chi connectivity index (χ2n) is 8.43. The number of non-ortho nitro benzene ring substituents is 1. The van der Waals surface area contributed by atoms with Crippen LogP contribution in [-0.2, 0) is 16.2 Å². The van der Waals surface area contributed by atoms with Gasteiger partial charge in [0.05, 0.1) is 21.4 Å². The summed E-state index contributed by atoms with van der Waals surface area (Å²) in [6.07, 6.45) is 1.54. The molecule has 4 rings (SSSR count). The molecule has 200 valence electrons. The summed E-state index contributed by atoms with van der Waals surface area (Å²) in [4.78, 5) is 49.3. The Morgan fingerprint density at radius 2 is 1.90 bits per heavy atom. The second-order valence-corrected chi connectivity index (χ2v) is 10.3. The monoisotopic (exact) mass is 611 g/mol. The summed E-state index contributed by atoms with van der Waals surface area (Å²) in [5.41, 5.74) is 2.81. The maximum absolute atomic E-state index is 12.9. The number of ether oxygens (including phenoxy) is 2. The fourth-order valence-electron chi connectivity index (χ4n) is 3.69. The number of nitro benzene ring substituents is 1. The third-order valence-electron chi connectivity index (χ3n) is 5.56. The molecule has 0 radical (unpaired) electrons. The summed E-state index contributed by atoms with van der Waals surface area (Å²) in [5.74, 6) is -0.288. The Bertz CT molecular complexity index is 1490. The summed E-state index contributed by atoms with van der Waals surface area (Å²) in [5, 5.41) is 13.0. The van der Waals surface area contributed by atoms with Gasteiger partial charge in [-0.2, -0.15) is 0 Å². The normalized spacial score (nSPS) is 14.0. The van der Waals surface area contributed by atoms with Crippen molar-refractivity contribution in [3.05, 3.63) is 96.8 Å². The first-order chi connectivity index (χ1) is 18.6. The number of hydrogen-bond donors (Lipinski definition) is 1. The van der Waals surface area contributed by atoms with Crippen LogP contribution in [0.1, 0.15) is 16.7 Å². The predicted molar refractivity (Wildman–Crippen MR) is 151 cm³/mol. The van der Waals surface area contributed by atoms with Crippen LogP contribution in [0.3, 0.4) is 0 Å². The lowest BCUT2D eigenvalue weighted by Crippen LogP contribution is -2.36. The minimum Gasteiger partial charge on any atom is -0.493 e. The van der Waals surface area contributed by atoms with E-state index in [1.165, 1.54) is 25.3 Å². The van der Waals surface area contributed by atoms with Gasteiger partial charge in [0.2, 0.25) is 5.91 Å². The zero-order chi connectivity index (χ0) is 28.1. The lowest BCUT2D eigenvalue weighted by atomic mass is 10.1. The van der Waals surface area contributed by atoms with Crippen molar-refractivity contribution in [3.63, 3.8) is 0 Å². The molecule has 3 amide bonds. The largest absolute Gasteiger partial charge is 0.493 e. The van der Waals surface area contributed by atoms with Gasteiger partial charge in [0.1, 0.15) is 13.2 Å². The number of thioether (sulfide) groups is 1. The maximum Gasteiger partial charge on any atom is 0.294 e. The van der Waals surface area contributed by atoms with Gasteiger partial charge >= 0.3 is 0 Å². The summed E-state index contributed by atoms with van der Waals surface area (Å²) < 4.78 is 11.9. The molecule has 1 aliphatic rings. The Hall–Kier alpha value is -4.16. The van der Waals surface area contributed by atoms with Gasteiger partial charge in [-0.15, -0.1) is 0 Å². The number of carbonyl (C=O) groups is 3. The van der Waals surface area contributed by atoms with Gasteiger partial charge in [0, 0.05) is 17.8 Å². The molecule has 1 saturated heterocycles. The topological polar surface area (TPSA) is 128 Å². The van der Waals surface area contributed by atoms with Crippen LogP contribution in [-0.4, -0.2) is 40.5 Å². The molecule has 1 heterocycles. The van der Waals surface area contributed by atoms with Gasteiger partial charge in [0.15, 0.2) is 11.5 Å². The summed E-state index contributed by atoms with van der Waals surface area (Å²) in [7, 11) is 1.46. The molecule has 3 aromatic carbocycles. The van der Waals surface area contributed by atoms with Crippen molar-refractivity contribution < 1.29 is 28.8 Å². The molecule has 0 bridgehead atoms. The lowest BCUT2D eigenvalue weighted by molar-refractivity contribution is -0.384. The molecular weight excluding hydrogens is 590 g/mol. The van der Waals surface area contributed by atoms with Crippen molar-refractivity contribution in [2.24, 2.45) is 0 Å². The second kappa shape index (κ2) is 12.1. The fourth-order valence-corrected chi connectivity index (χ4v) is 5.10. The van der Waals surface area contributed by atoms with Crippen LogP contribution in [0.2, 0.25) is 0 Å². The molecule has 12 heteroatoms. The molecule has 0 atom stereocenters. The number of anilines is 1. The van der Waals surface area contributed by atoms with Crippen LogP contribution < -0.4 is 14.8 Å². The highest BCUT2D eigenvalue weighted by molar-refractivity contribution is 9.10. The van der Waals surface area contributed by atoms with Gasteiger partial charge in [-0.3, -0.25) is 29.4 Å². The average Bonchev–Trinajstić information content (AvgIpc) is 3.15. The van der Waals surface area contributed by atoms with Gasteiger partial charge in [-0.1, -0.05) is 12.1 Å². The van der Waals surface area contributed by atoms with E-state index < -0.39 is 28.5 Å². The van der Waals surface area contributed by atoms with Gasteiger partial charge in [-0.05, 0) is 93.8 Å². The smallest absolute Gasteiger partial charge is 0.294 e. The van der Waals surface area contributed by atoms with Crippen LogP contribution in [0.5, 0.6) is 11.5 Å².